The minimum Gasteiger partial charge on any atom is -0.368 e. The number of nitrogens with zero attached hydrogens (tertiary/aromatic N) is 3. The van der Waals surface area contributed by atoms with Crippen LogP contribution in [0.25, 0.3) is 0 Å². The Morgan fingerprint density at radius 1 is 0.829 bits per heavy atom. The molecule has 9 nitrogen and oxygen atoms in total. The highest BCUT2D eigenvalue weighted by Crippen LogP contribution is 2.36. The van der Waals surface area contributed by atoms with Crippen molar-refractivity contribution in [3.8, 4) is 0 Å². The zero-order valence-electron chi connectivity index (χ0n) is 22.0. The van der Waals surface area contributed by atoms with Gasteiger partial charge in [-0.3, -0.25) is 9.69 Å². The van der Waals surface area contributed by atoms with E-state index in [0.29, 0.717) is 48.6 Å². The largest absolute Gasteiger partial charge is 0.368 e. The Hall–Kier alpha value is -2.67. The van der Waals surface area contributed by atoms with E-state index >= 15 is 0 Å². The number of rotatable bonds is 8. The van der Waals surface area contributed by atoms with Gasteiger partial charge in [-0.15, -0.1) is 0 Å². The van der Waals surface area contributed by atoms with Crippen molar-refractivity contribution in [2.24, 2.45) is 0 Å². The molecule has 13 heteroatoms. The molecule has 0 aliphatic carbocycles. The fraction of sp³-hybridized carbons (Fsp3) is 0.321. The molecule has 2 heterocycles. The second-order valence-corrected chi connectivity index (χ2v) is 14.4. The quantitative estimate of drug-likeness (QED) is 0.360. The van der Waals surface area contributed by atoms with Crippen molar-refractivity contribution in [3.63, 3.8) is 0 Å². The number of sulfonamides is 2. The molecule has 0 saturated carbocycles. The van der Waals surface area contributed by atoms with E-state index in [1.54, 1.807) is 24.3 Å². The number of halogens is 2. The average Bonchev–Trinajstić information content (AvgIpc) is 3.49. The zero-order chi connectivity index (χ0) is 29.2. The summed E-state index contributed by atoms with van der Waals surface area (Å²) >= 11 is 12.5. The maximum atomic E-state index is 14.0. The van der Waals surface area contributed by atoms with E-state index < -0.39 is 20.0 Å². The number of ether oxygens (including phenoxy) is 1. The van der Waals surface area contributed by atoms with Gasteiger partial charge >= 0.3 is 0 Å². The van der Waals surface area contributed by atoms with Gasteiger partial charge in [-0.05, 0) is 54.8 Å². The van der Waals surface area contributed by atoms with Gasteiger partial charge in [-0.1, -0.05) is 59.6 Å². The lowest BCUT2D eigenvalue weighted by atomic mass is 10.1. The van der Waals surface area contributed by atoms with E-state index in [4.69, 9.17) is 27.9 Å². The van der Waals surface area contributed by atoms with Crippen LogP contribution in [0.15, 0.2) is 82.6 Å². The van der Waals surface area contributed by atoms with Gasteiger partial charge < -0.3 is 9.64 Å². The van der Waals surface area contributed by atoms with E-state index in [2.05, 4.69) is 4.90 Å². The van der Waals surface area contributed by atoms with Crippen molar-refractivity contribution in [1.29, 1.82) is 0 Å². The normalized spacial score (nSPS) is 18.4. The first-order valence-corrected chi connectivity index (χ1v) is 16.7. The number of piperazine rings is 1. The summed E-state index contributed by atoms with van der Waals surface area (Å²) in [6.45, 7) is 3.37. The Morgan fingerprint density at radius 2 is 1.41 bits per heavy atom. The fourth-order valence-electron chi connectivity index (χ4n) is 5.02. The maximum Gasteiger partial charge on any atom is 0.279 e. The Bertz CT molecular complexity index is 1560. The molecule has 0 spiro atoms. The number of anilines is 1. The highest BCUT2D eigenvalue weighted by atomic mass is 35.5. The van der Waals surface area contributed by atoms with E-state index in [9.17, 15) is 21.6 Å². The summed E-state index contributed by atoms with van der Waals surface area (Å²) in [6.07, 6.45) is 1.28. The Labute approximate surface area is 250 Å². The first-order chi connectivity index (χ1) is 19.6. The van der Waals surface area contributed by atoms with Crippen molar-refractivity contribution in [3.05, 3.63) is 88.4 Å². The van der Waals surface area contributed by atoms with Gasteiger partial charge in [-0.25, -0.2) is 0 Å². The van der Waals surface area contributed by atoms with Crippen LogP contribution in [0.3, 0.4) is 0 Å². The van der Waals surface area contributed by atoms with Crippen LogP contribution in [0.1, 0.15) is 18.4 Å². The van der Waals surface area contributed by atoms with Crippen LogP contribution in [0.5, 0.6) is 0 Å². The molecule has 2 saturated heterocycles. The Morgan fingerprint density at radius 3 is 1.95 bits per heavy atom. The van der Waals surface area contributed by atoms with E-state index in [1.807, 2.05) is 4.90 Å². The lowest BCUT2D eigenvalue weighted by Crippen LogP contribution is -2.51. The van der Waals surface area contributed by atoms with Crippen molar-refractivity contribution in [2.45, 2.75) is 35.3 Å². The van der Waals surface area contributed by atoms with Gasteiger partial charge in [0.2, 0.25) is 0 Å². The van der Waals surface area contributed by atoms with E-state index in [-0.39, 0.29) is 37.5 Å². The van der Waals surface area contributed by atoms with Crippen LogP contribution in [-0.2, 0) is 36.1 Å². The van der Waals surface area contributed by atoms with Crippen molar-refractivity contribution >= 4 is 54.8 Å². The molecule has 1 amide bonds. The molecule has 5 rings (SSSR count). The lowest BCUT2D eigenvalue weighted by Gasteiger charge is -2.35. The van der Waals surface area contributed by atoms with Crippen LogP contribution < -0.4 is 3.71 Å². The molecule has 2 aliphatic heterocycles. The van der Waals surface area contributed by atoms with Gasteiger partial charge in [0.25, 0.3) is 26.0 Å². The maximum absolute atomic E-state index is 14.0. The van der Waals surface area contributed by atoms with Gasteiger partial charge in [0, 0.05) is 39.3 Å². The fourth-order valence-corrected chi connectivity index (χ4v) is 9.66. The molecule has 1 atom stereocenters. The zero-order valence-corrected chi connectivity index (χ0v) is 25.2. The molecule has 0 radical (unpaired) electrons. The molecule has 1 unspecified atom stereocenters. The van der Waals surface area contributed by atoms with Gasteiger partial charge in [0.15, 0.2) is 0 Å². The molecule has 0 N–H and O–H groups in total. The van der Waals surface area contributed by atoms with Crippen LogP contribution in [-0.4, -0.2) is 71.4 Å². The molecule has 41 heavy (non-hydrogen) atoms. The molecule has 2 fully saturated rings. The molecule has 218 valence electrons. The highest BCUT2D eigenvalue weighted by Gasteiger charge is 2.39. The summed E-state index contributed by atoms with van der Waals surface area (Å²) in [5.74, 6) is 0.0225. The minimum atomic E-state index is -4.70. The van der Waals surface area contributed by atoms with Crippen LogP contribution in [0.2, 0.25) is 10.0 Å². The van der Waals surface area contributed by atoms with Crippen LogP contribution in [0, 0.1) is 0 Å². The third kappa shape index (κ3) is 6.25. The summed E-state index contributed by atoms with van der Waals surface area (Å²) in [4.78, 5) is 15.9. The molecule has 3 aromatic carbocycles. The summed E-state index contributed by atoms with van der Waals surface area (Å²) in [5, 5.41) is -0.225. The molecular weight excluding hydrogens is 609 g/mol. The number of benzene rings is 3. The molecular formula is C28H29Cl2N3O6S2. The SMILES string of the molecule is O=C(C1CCCO1)N1CCN(Cc2cccc(N(S(=O)(=O)c3ccccc3Cl)S(=O)(=O)c3ccccc3Cl)c2)CC1. The minimum absolute atomic E-state index is 0.0225. The molecule has 0 bridgehead atoms. The second kappa shape index (κ2) is 12.3. The standard InChI is InChI=1S/C28H29Cl2N3O6S2/c29-23-9-1-3-12-26(23)40(35,36)33(41(37,38)27-13-4-2-10-24(27)30)22-8-5-7-21(19-22)20-31-14-16-32(17-15-31)28(34)25-11-6-18-39-25/h1-5,7-10,12-13,19,25H,6,11,14-18,20H2. The third-order valence-corrected chi connectivity index (χ3v) is 12.3. The lowest BCUT2D eigenvalue weighted by molar-refractivity contribution is -0.142. The van der Waals surface area contributed by atoms with Crippen molar-refractivity contribution in [1.82, 2.24) is 9.80 Å². The van der Waals surface area contributed by atoms with Gasteiger partial charge in [-0.2, -0.15) is 20.5 Å². The Kier molecular flexibility index (Phi) is 8.93. The van der Waals surface area contributed by atoms with Crippen molar-refractivity contribution in [2.75, 3.05) is 36.5 Å². The smallest absolute Gasteiger partial charge is 0.279 e. The van der Waals surface area contributed by atoms with E-state index in [0.717, 1.165) is 12.8 Å². The molecule has 3 aromatic rings. The summed E-state index contributed by atoms with van der Waals surface area (Å²) in [7, 11) is -9.39. The number of carbonyl (C=O) groups is 1. The van der Waals surface area contributed by atoms with Gasteiger partial charge in [0.05, 0.1) is 15.7 Å². The molecule has 2 aliphatic rings. The van der Waals surface area contributed by atoms with E-state index in [1.165, 1.54) is 48.5 Å². The summed E-state index contributed by atoms with van der Waals surface area (Å²) in [5.41, 5.74) is 0.629. The van der Waals surface area contributed by atoms with Crippen molar-refractivity contribution < 1.29 is 26.4 Å². The highest BCUT2D eigenvalue weighted by molar-refractivity contribution is 8.10. The first kappa shape index (κ1) is 29.8. The van der Waals surface area contributed by atoms with Gasteiger partial charge in [0.1, 0.15) is 15.9 Å². The number of hydrogen-bond donors (Lipinski definition) is 0. The number of amides is 1. The Balaban J connectivity index is 1.44. The number of carbonyl (C=O) groups excluding carboxylic acids is 1. The molecule has 0 aromatic heterocycles. The van der Waals surface area contributed by atoms with Crippen LogP contribution in [0.4, 0.5) is 5.69 Å². The predicted molar refractivity (Wildman–Crippen MR) is 157 cm³/mol. The summed E-state index contributed by atoms with van der Waals surface area (Å²) in [6, 6.07) is 17.7. The first-order valence-electron chi connectivity index (χ1n) is 13.1. The number of hydrogen-bond acceptors (Lipinski definition) is 7. The predicted octanol–water partition coefficient (Wildman–Crippen LogP) is 4.40. The monoisotopic (exact) mass is 637 g/mol. The summed E-state index contributed by atoms with van der Waals surface area (Å²) < 4.78 is 61.8. The second-order valence-electron chi connectivity index (χ2n) is 9.84. The van der Waals surface area contributed by atoms with Crippen LogP contribution >= 0.6 is 23.2 Å². The average molecular weight is 639 g/mol. The topological polar surface area (TPSA) is 104 Å². The third-order valence-electron chi connectivity index (χ3n) is 7.08.